The van der Waals surface area contributed by atoms with Crippen molar-refractivity contribution in [1.29, 1.82) is 0 Å². The van der Waals surface area contributed by atoms with Crippen molar-refractivity contribution in [3.05, 3.63) is 83.6 Å². The summed E-state index contributed by atoms with van der Waals surface area (Å²) in [5, 5.41) is 26.9. The number of Topliss-reactive ketones (excluding diaryl/α,β-unsaturated/α-hetero) is 1. The van der Waals surface area contributed by atoms with Crippen LogP contribution in [0.25, 0.3) is 22.8 Å². The van der Waals surface area contributed by atoms with E-state index in [4.69, 9.17) is 4.74 Å². The summed E-state index contributed by atoms with van der Waals surface area (Å²) in [6, 6.07) is 13.8. The molecule has 2 heterocycles. The molecule has 0 saturated heterocycles. The monoisotopic (exact) mass is 610 g/mol. The van der Waals surface area contributed by atoms with Crippen LogP contribution in [0.4, 0.5) is 4.39 Å². The van der Waals surface area contributed by atoms with Crippen molar-refractivity contribution in [1.82, 2.24) is 19.7 Å². The normalized spacial score (nSPS) is 28.0. The van der Waals surface area contributed by atoms with Crippen LogP contribution in [-0.4, -0.2) is 54.6 Å². The number of aliphatic hydroxyl groups is 2. The van der Waals surface area contributed by atoms with Crippen LogP contribution in [0.3, 0.4) is 0 Å². The third-order valence-corrected chi connectivity index (χ3v) is 10.7. The lowest BCUT2D eigenvalue weighted by Crippen LogP contribution is -2.54. The fourth-order valence-electron chi connectivity index (χ4n) is 8.53. The standard InChI is InChI=1S/C36H39FN4O4/c1-21-15-32(43)35-27(26(21)13-14-31(42)33(44)20-45-34-19-38-28-5-3-4-6-29(28)40-34)12-7-23-16-30-22(17-36(23,35)2)18-39-41(30)25-10-8-24(37)9-11-25/h3-6,8-11,16,18-19,21,26-27,32-33,35,43-44H,7,12-15,17,20H2,1-2H3. The highest BCUT2D eigenvalue weighted by molar-refractivity contribution is 5.83. The Hall–Kier alpha value is -3.95. The van der Waals surface area contributed by atoms with Gasteiger partial charge in [0.1, 0.15) is 18.5 Å². The molecule has 9 heteroatoms. The number of allylic oxidation sites excluding steroid dienone is 1. The van der Waals surface area contributed by atoms with Crippen LogP contribution < -0.4 is 4.74 Å². The quantitative estimate of drug-likeness (QED) is 0.262. The zero-order chi connectivity index (χ0) is 31.3. The average molecular weight is 611 g/mol. The first-order valence-electron chi connectivity index (χ1n) is 16.0. The molecule has 0 bridgehead atoms. The van der Waals surface area contributed by atoms with E-state index in [2.05, 4.69) is 35.0 Å². The van der Waals surface area contributed by atoms with Crippen LogP contribution in [0.1, 0.15) is 57.2 Å². The van der Waals surface area contributed by atoms with E-state index in [0.717, 1.165) is 41.7 Å². The van der Waals surface area contributed by atoms with Gasteiger partial charge in [-0.1, -0.05) is 31.6 Å². The Balaban J connectivity index is 1.03. The number of ketones is 1. The van der Waals surface area contributed by atoms with Crippen molar-refractivity contribution < 1.29 is 24.1 Å². The molecule has 7 rings (SSSR count). The number of carbonyl (C=O) groups is 1. The molecular formula is C36H39FN4O4. The molecule has 0 radical (unpaired) electrons. The van der Waals surface area contributed by atoms with Gasteiger partial charge >= 0.3 is 0 Å². The van der Waals surface area contributed by atoms with Gasteiger partial charge < -0.3 is 14.9 Å². The van der Waals surface area contributed by atoms with Crippen molar-refractivity contribution in [2.75, 3.05) is 6.61 Å². The Morgan fingerprint density at radius 1 is 1.16 bits per heavy atom. The van der Waals surface area contributed by atoms with Gasteiger partial charge in [-0.25, -0.2) is 19.0 Å². The largest absolute Gasteiger partial charge is 0.473 e. The second-order valence-corrected chi connectivity index (χ2v) is 13.4. The minimum Gasteiger partial charge on any atom is -0.473 e. The molecule has 3 aliphatic carbocycles. The molecule has 7 unspecified atom stereocenters. The fraction of sp³-hybridized carbons (Fsp3) is 0.444. The third kappa shape index (κ3) is 5.46. The van der Waals surface area contributed by atoms with E-state index in [1.165, 1.54) is 23.9 Å². The highest BCUT2D eigenvalue weighted by Crippen LogP contribution is 2.60. The summed E-state index contributed by atoms with van der Waals surface area (Å²) in [6.45, 7) is 4.30. The lowest BCUT2D eigenvalue weighted by atomic mass is 9.48. The van der Waals surface area contributed by atoms with Crippen LogP contribution in [0.2, 0.25) is 0 Å². The van der Waals surface area contributed by atoms with Crippen molar-refractivity contribution in [2.45, 2.75) is 64.6 Å². The van der Waals surface area contributed by atoms with E-state index in [1.54, 1.807) is 12.1 Å². The van der Waals surface area contributed by atoms with Gasteiger partial charge in [0.25, 0.3) is 0 Å². The second kappa shape index (κ2) is 11.8. The first-order chi connectivity index (χ1) is 21.7. The number of hydrogen-bond acceptors (Lipinski definition) is 7. The van der Waals surface area contributed by atoms with Gasteiger partial charge in [-0.3, -0.25) is 4.79 Å². The first-order valence-corrected chi connectivity index (χ1v) is 16.0. The maximum Gasteiger partial charge on any atom is 0.233 e. The molecule has 2 aromatic carbocycles. The van der Waals surface area contributed by atoms with Gasteiger partial charge in [-0.05, 0) is 109 Å². The van der Waals surface area contributed by atoms with E-state index in [1.807, 2.05) is 35.1 Å². The van der Waals surface area contributed by atoms with Crippen LogP contribution in [-0.2, 0) is 11.2 Å². The molecule has 0 spiro atoms. The summed E-state index contributed by atoms with van der Waals surface area (Å²) in [7, 11) is 0. The summed E-state index contributed by atoms with van der Waals surface area (Å²) >= 11 is 0. The molecule has 8 nitrogen and oxygen atoms in total. The van der Waals surface area contributed by atoms with Gasteiger partial charge in [-0.2, -0.15) is 5.10 Å². The summed E-state index contributed by atoms with van der Waals surface area (Å²) in [5.41, 5.74) is 5.52. The lowest BCUT2D eigenvalue weighted by Gasteiger charge is -2.57. The number of carbonyl (C=O) groups excluding carboxylic acids is 1. The molecule has 45 heavy (non-hydrogen) atoms. The summed E-state index contributed by atoms with van der Waals surface area (Å²) < 4.78 is 21.1. The number of halogens is 1. The molecule has 0 aliphatic heterocycles. The number of aliphatic hydroxyl groups excluding tert-OH is 2. The number of ether oxygens (including phenoxy) is 1. The number of hydrogen-bond donors (Lipinski definition) is 2. The first kappa shape index (κ1) is 29.7. The predicted octanol–water partition coefficient (Wildman–Crippen LogP) is 5.73. The number of para-hydroxylation sites is 2. The maximum absolute atomic E-state index is 13.6. The zero-order valence-corrected chi connectivity index (χ0v) is 25.6. The molecule has 3 aliphatic rings. The van der Waals surface area contributed by atoms with Crippen LogP contribution in [0.5, 0.6) is 5.88 Å². The molecule has 2 fully saturated rings. The van der Waals surface area contributed by atoms with Crippen LogP contribution in [0.15, 0.2) is 66.5 Å². The van der Waals surface area contributed by atoms with Gasteiger partial charge in [0.05, 0.1) is 40.9 Å². The summed E-state index contributed by atoms with van der Waals surface area (Å²) in [6.07, 6.45) is 8.23. The molecular weight excluding hydrogens is 571 g/mol. The molecule has 234 valence electrons. The molecule has 4 aromatic rings. The Kier molecular flexibility index (Phi) is 7.78. The van der Waals surface area contributed by atoms with Crippen molar-refractivity contribution in [3.63, 3.8) is 0 Å². The number of rotatable bonds is 8. The number of nitrogens with zero attached hydrogens (tertiary/aromatic N) is 4. The van der Waals surface area contributed by atoms with Crippen molar-refractivity contribution in [3.8, 4) is 11.6 Å². The smallest absolute Gasteiger partial charge is 0.233 e. The van der Waals surface area contributed by atoms with Crippen LogP contribution in [0, 0.1) is 34.9 Å². The van der Waals surface area contributed by atoms with Crippen molar-refractivity contribution >= 4 is 22.9 Å². The molecule has 0 amide bonds. The Morgan fingerprint density at radius 2 is 1.93 bits per heavy atom. The summed E-state index contributed by atoms with van der Waals surface area (Å²) in [5.74, 6) is 0.630. The van der Waals surface area contributed by atoms with E-state index in [9.17, 15) is 19.4 Å². The fourth-order valence-corrected chi connectivity index (χ4v) is 8.53. The van der Waals surface area contributed by atoms with Gasteiger partial charge in [-0.15, -0.1) is 0 Å². The lowest BCUT2D eigenvalue weighted by molar-refractivity contribution is -0.130. The summed E-state index contributed by atoms with van der Waals surface area (Å²) in [4.78, 5) is 21.8. The van der Waals surface area contributed by atoms with Crippen LogP contribution >= 0.6 is 0 Å². The average Bonchev–Trinajstić information content (AvgIpc) is 3.43. The molecule has 2 N–H and O–H groups in total. The molecule has 2 saturated carbocycles. The topological polar surface area (TPSA) is 110 Å². The Morgan fingerprint density at radius 3 is 2.73 bits per heavy atom. The highest BCUT2D eigenvalue weighted by Gasteiger charge is 2.55. The minimum absolute atomic E-state index is 0.0656. The predicted molar refractivity (Wildman–Crippen MR) is 168 cm³/mol. The number of benzene rings is 2. The Bertz CT molecular complexity index is 1750. The molecule has 2 aromatic heterocycles. The van der Waals surface area contributed by atoms with Gasteiger partial charge in [0.2, 0.25) is 5.88 Å². The van der Waals surface area contributed by atoms with E-state index in [-0.39, 0.29) is 59.6 Å². The molecule has 7 atom stereocenters. The zero-order valence-electron chi connectivity index (χ0n) is 25.6. The van der Waals surface area contributed by atoms with E-state index >= 15 is 0 Å². The van der Waals surface area contributed by atoms with Gasteiger partial charge in [0, 0.05) is 6.42 Å². The SMILES string of the molecule is CC1CC(O)C2C(CCC3=Cc4c(cnn4-c4ccc(F)cc4)CC32C)C1CCC(=O)C(O)COc1cnc2ccccc2n1. The number of aromatic nitrogens is 4. The minimum atomic E-state index is -1.24. The highest BCUT2D eigenvalue weighted by atomic mass is 19.1. The third-order valence-electron chi connectivity index (χ3n) is 10.7. The maximum atomic E-state index is 13.6. The van der Waals surface area contributed by atoms with E-state index in [0.29, 0.717) is 18.4 Å². The Labute approximate surface area is 262 Å². The van der Waals surface area contributed by atoms with Gasteiger partial charge in [0.15, 0.2) is 5.78 Å². The van der Waals surface area contributed by atoms with E-state index < -0.39 is 12.2 Å². The van der Waals surface area contributed by atoms with Crippen molar-refractivity contribution in [2.24, 2.45) is 29.1 Å². The number of fused-ring (bicyclic) bond motifs is 5. The second-order valence-electron chi connectivity index (χ2n) is 13.4.